The fourth-order valence-electron chi connectivity index (χ4n) is 8.25. The molecule has 2 N–H and O–H groups in total. The average molecular weight is 409 g/mol. The second-order valence-electron chi connectivity index (χ2n) is 11.0. The number of allylic oxidation sites excluding steroid dienone is 3. The molecule has 5 rings (SSSR count). The summed E-state index contributed by atoms with van der Waals surface area (Å²) in [7, 11) is 0. The van der Waals surface area contributed by atoms with Crippen molar-refractivity contribution in [3.63, 3.8) is 0 Å². The van der Waals surface area contributed by atoms with Crippen LogP contribution in [0.2, 0.25) is 0 Å². The molecule has 1 heterocycles. The van der Waals surface area contributed by atoms with Crippen LogP contribution in [0.15, 0.2) is 47.7 Å². The lowest BCUT2D eigenvalue weighted by Crippen LogP contribution is -2.53. The minimum absolute atomic E-state index is 0.120. The minimum atomic E-state index is -0.120. The van der Waals surface area contributed by atoms with Crippen molar-refractivity contribution < 1.29 is 5.11 Å². The predicted octanol–water partition coefficient (Wildman–Crippen LogP) is 6.07. The zero-order valence-corrected chi connectivity index (χ0v) is 19.3. The molecule has 2 saturated carbocycles. The van der Waals surface area contributed by atoms with E-state index in [4.69, 9.17) is 0 Å². The van der Waals surface area contributed by atoms with Crippen LogP contribution in [-0.4, -0.2) is 16.1 Å². The Morgan fingerprint density at radius 3 is 2.47 bits per heavy atom. The summed E-state index contributed by atoms with van der Waals surface area (Å²) >= 11 is 0. The van der Waals surface area contributed by atoms with Gasteiger partial charge in [0.1, 0.15) is 0 Å². The summed E-state index contributed by atoms with van der Waals surface area (Å²) in [4.78, 5) is 2.42. The molecule has 0 aromatic rings. The number of hydrogen-bond donors (Lipinski definition) is 2. The monoisotopic (exact) mass is 408 g/mol. The van der Waals surface area contributed by atoms with Crippen LogP contribution in [0.3, 0.4) is 0 Å². The molecular formula is C27H40N2O. The molecule has 7 atom stereocenters. The first kappa shape index (κ1) is 20.4. The first-order valence-electron chi connectivity index (χ1n) is 12.4. The van der Waals surface area contributed by atoms with Crippen molar-refractivity contribution in [2.45, 2.75) is 85.2 Å². The number of fused-ring (bicyclic) bond motifs is 5. The van der Waals surface area contributed by atoms with Gasteiger partial charge in [0.2, 0.25) is 0 Å². The largest absolute Gasteiger partial charge is 0.393 e. The molecule has 0 bridgehead atoms. The van der Waals surface area contributed by atoms with Gasteiger partial charge in [0.25, 0.3) is 0 Å². The standard InChI is InChI=1S/C27H40N2O/c1-5-18-15-20-17-21(30)7-9-26(20,3)22-8-10-27(4)23(24(18)22)16-19(6-2)25(27)29-13-11-28-12-14-29/h11-15,18,21-24,28,30H,5-10,16-17H2,1-4H3/t18-,21-,22-,23-,24+,26-,27-/m0/s1. The maximum Gasteiger partial charge on any atom is 0.0577 e. The highest BCUT2D eigenvalue weighted by Gasteiger charge is 2.60. The third-order valence-electron chi connectivity index (χ3n) is 9.80. The van der Waals surface area contributed by atoms with E-state index in [-0.39, 0.29) is 11.5 Å². The van der Waals surface area contributed by atoms with E-state index < -0.39 is 0 Å². The molecule has 0 aromatic carbocycles. The quantitative estimate of drug-likeness (QED) is 0.557. The molecule has 0 aromatic heterocycles. The third-order valence-corrected chi connectivity index (χ3v) is 9.80. The van der Waals surface area contributed by atoms with E-state index in [1.165, 1.54) is 32.1 Å². The van der Waals surface area contributed by atoms with E-state index in [0.717, 1.165) is 37.0 Å². The Bertz CT molecular complexity index is 811. The summed E-state index contributed by atoms with van der Waals surface area (Å²) in [5.74, 6) is 2.95. The third kappa shape index (κ3) is 2.80. The van der Waals surface area contributed by atoms with Gasteiger partial charge < -0.3 is 15.3 Å². The second-order valence-corrected chi connectivity index (χ2v) is 11.0. The Kier molecular flexibility index (Phi) is 4.96. The van der Waals surface area contributed by atoms with Gasteiger partial charge in [0, 0.05) is 35.9 Å². The summed E-state index contributed by atoms with van der Waals surface area (Å²) in [6.07, 6.45) is 20.4. The molecule has 3 nitrogen and oxygen atoms in total. The van der Waals surface area contributed by atoms with Crippen LogP contribution < -0.4 is 5.32 Å². The predicted molar refractivity (Wildman–Crippen MR) is 123 cm³/mol. The maximum absolute atomic E-state index is 10.4. The van der Waals surface area contributed by atoms with Crippen molar-refractivity contribution in [2.24, 2.45) is 34.5 Å². The van der Waals surface area contributed by atoms with Gasteiger partial charge in [-0.2, -0.15) is 0 Å². The molecule has 30 heavy (non-hydrogen) atoms. The lowest BCUT2D eigenvalue weighted by Gasteiger charge is -2.60. The molecule has 164 valence electrons. The van der Waals surface area contributed by atoms with E-state index in [2.05, 4.69) is 68.8 Å². The number of aliphatic hydroxyl groups is 1. The average Bonchev–Trinajstić information content (AvgIpc) is 3.06. The summed E-state index contributed by atoms with van der Waals surface area (Å²) in [6, 6.07) is 0. The van der Waals surface area contributed by atoms with Gasteiger partial charge in [-0.05, 0) is 86.0 Å². The number of hydrogen-bond acceptors (Lipinski definition) is 3. The zero-order valence-electron chi connectivity index (χ0n) is 19.3. The van der Waals surface area contributed by atoms with Crippen molar-refractivity contribution in [3.05, 3.63) is 47.7 Å². The molecule has 5 aliphatic rings. The molecular weight excluding hydrogens is 368 g/mol. The fourth-order valence-corrected chi connectivity index (χ4v) is 8.25. The second kappa shape index (κ2) is 7.29. The molecule has 0 spiro atoms. The lowest BCUT2D eigenvalue weighted by molar-refractivity contribution is -0.0554. The van der Waals surface area contributed by atoms with Gasteiger partial charge in [0.05, 0.1) is 6.10 Å². The summed E-state index contributed by atoms with van der Waals surface area (Å²) < 4.78 is 0. The Hall–Kier alpha value is -1.48. The van der Waals surface area contributed by atoms with Crippen molar-refractivity contribution in [2.75, 3.05) is 0 Å². The van der Waals surface area contributed by atoms with E-state index in [1.54, 1.807) is 16.8 Å². The van der Waals surface area contributed by atoms with Crippen molar-refractivity contribution in [1.82, 2.24) is 10.2 Å². The Labute approximate surface area is 183 Å². The van der Waals surface area contributed by atoms with Gasteiger partial charge in [-0.3, -0.25) is 0 Å². The topological polar surface area (TPSA) is 35.5 Å². The van der Waals surface area contributed by atoms with Gasteiger partial charge in [-0.25, -0.2) is 0 Å². The number of rotatable bonds is 3. The molecule has 4 aliphatic carbocycles. The van der Waals surface area contributed by atoms with Crippen LogP contribution in [-0.2, 0) is 0 Å². The van der Waals surface area contributed by atoms with Crippen LogP contribution in [0.1, 0.15) is 79.1 Å². The van der Waals surface area contributed by atoms with Gasteiger partial charge in [-0.15, -0.1) is 0 Å². The van der Waals surface area contributed by atoms with Gasteiger partial charge >= 0.3 is 0 Å². The van der Waals surface area contributed by atoms with Gasteiger partial charge in [0.15, 0.2) is 0 Å². The summed E-state index contributed by atoms with van der Waals surface area (Å²) in [6.45, 7) is 9.86. The number of aliphatic hydroxyl groups excluding tert-OH is 1. The first-order chi connectivity index (χ1) is 14.4. The van der Waals surface area contributed by atoms with Crippen molar-refractivity contribution in [1.29, 1.82) is 0 Å². The highest BCUT2D eigenvalue weighted by molar-refractivity contribution is 5.36. The Balaban J connectivity index is 1.55. The van der Waals surface area contributed by atoms with Crippen LogP contribution in [0.4, 0.5) is 0 Å². The molecule has 0 radical (unpaired) electrons. The van der Waals surface area contributed by atoms with Crippen molar-refractivity contribution >= 4 is 0 Å². The van der Waals surface area contributed by atoms with E-state index in [9.17, 15) is 5.11 Å². The molecule has 2 fully saturated rings. The molecule has 0 amide bonds. The summed E-state index contributed by atoms with van der Waals surface area (Å²) in [5, 5.41) is 13.6. The van der Waals surface area contributed by atoms with Crippen LogP contribution in [0.25, 0.3) is 0 Å². The highest BCUT2D eigenvalue weighted by atomic mass is 16.3. The highest BCUT2D eigenvalue weighted by Crippen LogP contribution is 2.68. The van der Waals surface area contributed by atoms with Gasteiger partial charge in [-0.1, -0.05) is 39.3 Å². The molecule has 1 aliphatic heterocycles. The van der Waals surface area contributed by atoms with Crippen LogP contribution in [0.5, 0.6) is 0 Å². The molecule has 0 unspecified atom stereocenters. The smallest absolute Gasteiger partial charge is 0.0577 e. The fraction of sp³-hybridized carbons (Fsp3) is 0.704. The van der Waals surface area contributed by atoms with E-state index >= 15 is 0 Å². The number of nitrogens with zero attached hydrogens (tertiary/aromatic N) is 1. The Morgan fingerprint density at radius 2 is 1.77 bits per heavy atom. The molecule has 3 heteroatoms. The summed E-state index contributed by atoms with van der Waals surface area (Å²) in [5.41, 5.74) is 5.43. The molecule has 0 saturated heterocycles. The van der Waals surface area contributed by atoms with Crippen LogP contribution in [0, 0.1) is 34.5 Å². The lowest BCUT2D eigenvalue weighted by atomic mass is 9.45. The first-order valence-corrected chi connectivity index (χ1v) is 12.4. The van der Waals surface area contributed by atoms with Crippen molar-refractivity contribution in [3.8, 4) is 0 Å². The van der Waals surface area contributed by atoms with E-state index in [0.29, 0.717) is 11.3 Å². The minimum Gasteiger partial charge on any atom is -0.393 e. The zero-order chi connectivity index (χ0) is 21.1. The normalized spacial score (nSPS) is 44.9. The number of nitrogens with one attached hydrogen (secondary N) is 1. The maximum atomic E-state index is 10.4. The Morgan fingerprint density at radius 1 is 1.03 bits per heavy atom. The van der Waals surface area contributed by atoms with Crippen LogP contribution >= 0.6 is 0 Å². The SMILES string of the molecule is CCC1=C(N2C=CNC=C2)[C@@]2(C)CC[C@H]3[C@@H]([C@@H](CC)C=C4C[C@@H](O)CC[C@@]43C)[C@@H]2C1. The van der Waals surface area contributed by atoms with E-state index in [1.807, 2.05) is 0 Å².